The average Bonchev–Trinajstić information content (AvgIpc) is 3.37. The van der Waals surface area contributed by atoms with Crippen molar-refractivity contribution in [3.8, 4) is 11.3 Å². The molecule has 2 N–H and O–H groups in total. The smallest absolute Gasteiger partial charge is 0.270 e. The first-order valence-electron chi connectivity index (χ1n) is 8.82. The lowest BCUT2D eigenvalue weighted by molar-refractivity contribution is -0.384. The molecule has 0 amide bonds. The molecule has 6 heteroatoms. The average molecular weight is 370 g/mol. The Morgan fingerprint density at radius 2 is 1.64 bits per heavy atom. The van der Waals surface area contributed by atoms with E-state index in [-0.39, 0.29) is 5.69 Å². The molecule has 5 aromatic rings. The first kappa shape index (κ1) is 17.5. The molecule has 0 atom stereocenters. The number of rotatable bonds is 2. The molecular formula is C22H18N4O2. The molecule has 0 fully saturated rings. The second-order valence-electron chi connectivity index (χ2n) is 6.46. The number of nitro benzene ring substituents is 1. The summed E-state index contributed by atoms with van der Waals surface area (Å²) in [7, 11) is 0. The van der Waals surface area contributed by atoms with Crippen molar-refractivity contribution in [1.82, 2.24) is 15.0 Å². The Kier molecular flexibility index (Phi) is 4.60. The Labute approximate surface area is 161 Å². The van der Waals surface area contributed by atoms with Crippen molar-refractivity contribution in [2.75, 3.05) is 0 Å². The van der Waals surface area contributed by atoms with Crippen LogP contribution < -0.4 is 0 Å². The number of H-pyrrole nitrogens is 2. The third-order valence-corrected chi connectivity index (χ3v) is 4.61. The second-order valence-corrected chi connectivity index (χ2v) is 6.46. The maximum atomic E-state index is 10.8. The van der Waals surface area contributed by atoms with Gasteiger partial charge in [0.2, 0.25) is 0 Å². The van der Waals surface area contributed by atoms with Crippen molar-refractivity contribution in [2.45, 2.75) is 6.92 Å². The number of nitrogens with one attached hydrogen (secondary N) is 2. The quantitative estimate of drug-likeness (QED) is 0.312. The van der Waals surface area contributed by atoms with Gasteiger partial charge in [-0.3, -0.25) is 15.1 Å². The largest absolute Gasteiger partial charge is 0.361 e. The number of benzene rings is 2. The van der Waals surface area contributed by atoms with Crippen molar-refractivity contribution in [1.29, 1.82) is 0 Å². The van der Waals surface area contributed by atoms with Gasteiger partial charge in [0.05, 0.1) is 10.6 Å². The normalized spacial score (nSPS) is 10.6. The van der Waals surface area contributed by atoms with Crippen LogP contribution in [0.3, 0.4) is 0 Å². The van der Waals surface area contributed by atoms with Crippen LogP contribution in [0.2, 0.25) is 0 Å². The number of aromatic nitrogens is 3. The highest BCUT2D eigenvalue weighted by Gasteiger charge is 2.11. The lowest BCUT2D eigenvalue weighted by Crippen LogP contribution is -1.92. The van der Waals surface area contributed by atoms with Crippen LogP contribution in [0.5, 0.6) is 0 Å². The zero-order chi connectivity index (χ0) is 19.5. The van der Waals surface area contributed by atoms with Gasteiger partial charge in [-0.1, -0.05) is 24.3 Å². The summed E-state index contributed by atoms with van der Waals surface area (Å²) in [5, 5.41) is 13.1. The first-order valence-corrected chi connectivity index (χ1v) is 8.82. The molecule has 0 saturated carbocycles. The van der Waals surface area contributed by atoms with Crippen molar-refractivity contribution in [2.24, 2.45) is 0 Å². The summed E-state index contributed by atoms with van der Waals surface area (Å²) in [4.78, 5) is 21.1. The number of para-hydroxylation sites is 1. The zero-order valence-electron chi connectivity index (χ0n) is 15.2. The molecule has 138 valence electrons. The van der Waals surface area contributed by atoms with E-state index < -0.39 is 4.92 Å². The Balaban J connectivity index is 0.000000177. The minimum atomic E-state index is -0.393. The standard InChI is InChI=1S/C14H11N3O2.C8H7N/c1-9-2-3-11(17(18)19)6-12(9)14-7-13-10(8-16-14)4-5-15-13;1-2-4-8-7(3-1)5-6-9-8/h2-8,15H,1H3;1-6,9H. The monoisotopic (exact) mass is 370 g/mol. The number of hydrogen-bond acceptors (Lipinski definition) is 3. The van der Waals surface area contributed by atoms with Crippen LogP contribution in [0.25, 0.3) is 33.1 Å². The number of aryl methyl sites for hydroxylation is 1. The van der Waals surface area contributed by atoms with E-state index in [1.807, 2.05) is 43.6 Å². The van der Waals surface area contributed by atoms with Crippen molar-refractivity contribution >= 4 is 27.5 Å². The number of aromatic amines is 2. The van der Waals surface area contributed by atoms with Gasteiger partial charge in [0, 0.05) is 52.7 Å². The summed E-state index contributed by atoms with van der Waals surface area (Å²) >= 11 is 0. The van der Waals surface area contributed by atoms with Crippen LogP contribution in [-0.2, 0) is 0 Å². The lowest BCUT2D eigenvalue weighted by Gasteiger charge is -2.05. The van der Waals surface area contributed by atoms with Crippen molar-refractivity contribution in [3.05, 3.63) is 94.9 Å². The molecule has 2 aromatic carbocycles. The fraction of sp³-hybridized carbons (Fsp3) is 0.0455. The Morgan fingerprint density at radius 3 is 2.43 bits per heavy atom. The number of pyridine rings is 1. The van der Waals surface area contributed by atoms with Crippen LogP contribution in [0.15, 0.2) is 79.3 Å². The van der Waals surface area contributed by atoms with Gasteiger partial charge < -0.3 is 9.97 Å². The Morgan fingerprint density at radius 1 is 0.893 bits per heavy atom. The SMILES string of the molecule is Cc1ccc([N+](=O)[O-])cc1-c1cc2[nH]ccc2cn1.c1ccc2[nH]ccc2c1. The molecule has 0 radical (unpaired) electrons. The second kappa shape index (κ2) is 7.36. The molecule has 28 heavy (non-hydrogen) atoms. The fourth-order valence-electron chi connectivity index (χ4n) is 3.09. The van der Waals surface area contributed by atoms with Gasteiger partial charge in [-0.2, -0.15) is 0 Å². The van der Waals surface area contributed by atoms with Crippen LogP contribution in [0, 0.1) is 17.0 Å². The summed E-state index contributed by atoms with van der Waals surface area (Å²) < 4.78 is 0. The molecule has 0 aliphatic carbocycles. The van der Waals surface area contributed by atoms with E-state index in [2.05, 4.69) is 33.2 Å². The van der Waals surface area contributed by atoms with Crippen molar-refractivity contribution < 1.29 is 4.92 Å². The maximum Gasteiger partial charge on any atom is 0.270 e. The van der Waals surface area contributed by atoms with Gasteiger partial charge in [-0.25, -0.2) is 0 Å². The predicted molar refractivity (Wildman–Crippen MR) is 111 cm³/mol. The minimum absolute atomic E-state index is 0.0778. The van der Waals surface area contributed by atoms with E-state index in [0.29, 0.717) is 0 Å². The summed E-state index contributed by atoms with van der Waals surface area (Å²) in [6, 6.07) is 18.9. The van der Waals surface area contributed by atoms with E-state index in [1.165, 1.54) is 17.0 Å². The van der Waals surface area contributed by atoms with E-state index in [9.17, 15) is 10.1 Å². The van der Waals surface area contributed by atoms with Gasteiger partial charge in [-0.05, 0) is 42.1 Å². The highest BCUT2D eigenvalue weighted by atomic mass is 16.6. The third-order valence-electron chi connectivity index (χ3n) is 4.61. The highest BCUT2D eigenvalue weighted by molar-refractivity contribution is 5.83. The summed E-state index contributed by atoms with van der Waals surface area (Å²) in [5.74, 6) is 0. The molecule has 0 bridgehead atoms. The van der Waals surface area contributed by atoms with E-state index in [4.69, 9.17) is 0 Å². The van der Waals surface area contributed by atoms with Crippen molar-refractivity contribution in [3.63, 3.8) is 0 Å². The molecular weight excluding hydrogens is 352 g/mol. The minimum Gasteiger partial charge on any atom is -0.361 e. The van der Waals surface area contributed by atoms with Gasteiger partial charge in [0.25, 0.3) is 5.69 Å². The van der Waals surface area contributed by atoms with Gasteiger partial charge in [0.15, 0.2) is 0 Å². The molecule has 0 saturated heterocycles. The molecule has 3 aromatic heterocycles. The van der Waals surface area contributed by atoms with E-state index in [1.54, 1.807) is 18.3 Å². The Bertz CT molecular complexity index is 1240. The highest BCUT2D eigenvalue weighted by Crippen LogP contribution is 2.27. The lowest BCUT2D eigenvalue weighted by atomic mass is 10.0. The number of non-ortho nitro benzene ring substituents is 1. The van der Waals surface area contributed by atoms with Gasteiger partial charge in [-0.15, -0.1) is 0 Å². The molecule has 0 spiro atoms. The summed E-state index contributed by atoms with van der Waals surface area (Å²) in [6.45, 7) is 1.92. The molecule has 6 nitrogen and oxygen atoms in total. The van der Waals surface area contributed by atoms with Crippen LogP contribution in [-0.4, -0.2) is 19.9 Å². The topological polar surface area (TPSA) is 87.6 Å². The van der Waals surface area contributed by atoms with E-state index in [0.717, 1.165) is 27.7 Å². The molecule has 0 aliphatic heterocycles. The van der Waals surface area contributed by atoms with Crippen LogP contribution in [0.4, 0.5) is 5.69 Å². The van der Waals surface area contributed by atoms with Gasteiger partial charge in [0.1, 0.15) is 0 Å². The predicted octanol–water partition coefficient (Wildman–Crippen LogP) is 5.61. The van der Waals surface area contributed by atoms with E-state index >= 15 is 0 Å². The number of nitrogens with zero attached hydrogens (tertiary/aromatic N) is 2. The number of nitro groups is 1. The molecule has 0 aliphatic rings. The zero-order valence-corrected chi connectivity index (χ0v) is 15.2. The first-order chi connectivity index (χ1) is 13.6. The number of fused-ring (bicyclic) bond motifs is 2. The third kappa shape index (κ3) is 3.48. The Hall–Kier alpha value is -3.93. The number of hydrogen-bond donors (Lipinski definition) is 2. The van der Waals surface area contributed by atoms with Crippen LogP contribution >= 0.6 is 0 Å². The van der Waals surface area contributed by atoms with Gasteiger partial charge >= 0.3 is 0 Å². The summed E-state index contributed by atoms with van der Waals surface area (Å²) in [5.41, 5.74) is 4.73. The maximum absolute atomic E-state index is 10.8. The molecule has 5 rings (SSSR count). The molecule has 0 unspecified atom stereocenters. The summed E-state index contributed by atoms with van der Waals surface area (Å²) in [6.07, 6.45) is 5.56. The van der Waals surface area contributed by atoms with Crippen LogP contribution in [0.1, 0.15) is 5.56 Å². The fourth-order valence-corrected chi connectivity index (χ4v) is 3.09. The molecule has 3 heterocycles.